The van der Waals surface area contributed by atoms with Crippen molar-refractivity contribution in [1.82, 2.24) is 14.8 Å². The number of carbonyl (C=O) groups excluding carboxylic acids is 1. The molecule has 0 saturated heterocycles. The molecule has 1 unspecified atom stereocenters. The van der Waals surface area contributed by atoms with Gasteiger partial charge in [-0.1, -0.05) is 53.7 Å². The molecule has 6 nitrogen and oxygen atoms in total. The van der Waals surface area contributed by atoms with Crippen molar-refractivity contribution in [2.24, 2.45) is 7.05 Å². The van der Waals surface area contributed by atoms with Gasteiger partial charge in [0.2, 0.25) is 0 Å². The van der Waals surface area contributed by atoms with Gasteiger partial charge in [-0.05, 0) is 19.1 Å². The molecule has 0 aliphatic carbocycles. The number of hydrogen-bond acceptors (Lipinski definition) is 6. The first-order valence-corrected chi connectivity index (χ1v) is 9.61. The Kier molecular flexibility index (Phi) is 4.85. The molecule has 1 atom stereocenters. The lowest BCUT2D eigenvalue weighted by Gasteiger charge is -2.25. The van der Waals surface area contributed by atoms with Crippen LogP contribution in [0.1, 0.15) is 27.8 Å². The standard InChI is InChI=1S/C20H19N3O3S/c1-13-7-9-14(10-8-13)15(24)12-27-20-22-21-19(23(20)2)18-11-25-16-5-3-4-6-17(16)26-18/h3-10,18H,11-12H2,1-2H3. The Morgan fingerprint density at radius 2 is 1.89 bits per heavy atom. The Labute approximate surface area is 161 Å². The fraction of sp³-hybridized carbons (Fsp3) is 0.250. The van der Waals surface area contributed by atoms with Crippen LogP contribution in [0.2, 0.25) is 0 Å². The molecule has 0 spiro atoms. The fourth-order valence-electron chi connectivity index (χ4n) is 2.83. The number of carbonyl (C=O) groups is 1. The Bertz CT molecular complexity index is 969. The van der Waals surface area contributed by atoms with Crippen LogP contribution in [0.4, 0.5) is 0 Å². The minimum Gasteiger partial charge on any atom is -0.485 e. The van der Waals surface area contributed by atoms with Gasteiger partial charge >= 0.3 is 0 Å². The molecular weight excluding hydrogens is 362 g/mol. The van der Waals surface area contributed by atoms with E-state index in [4.69, 9.17) is 9.47 Å². The number of ether oxygens (including phenoxy) is 2. The fourth-order valence-corrected chi connectivity index (χ4v) is 3.64. The van der Waals surface area contributed by atoms with E-state index in [0.717, 1.165) is 11.3 Å². The first-order chi connectivity index (χ1) is 13.1. The van der Waals surface area contributed by atoms with Crippen LogP contribution in [0.3, 0.4) is 0 Å². The van der Waals surface area contributed by atoms with Crippen molar-refractivity contribution in [2.75, 3.05) is 12.4 Å². The molecule has 7 heteroatoms. The molecule has 3 aromatic rings. The van der Waals surface area contributed by atoms with E-state index in [-0.39, 0.29) is 11.9 Å². The summed E-state index contributed by atoms with van der Waals surface area (Å²) in [5, 5.41) is 9.14. The molecule has 0 N–H and O–H groups in total. The molecule has 0 saturated carbocycles. The van der Waals surface area contributed by atoms with E-state index < -0.39 is 0 Å². The van der Waals surface area contributed by atoms with Gasteiger partial charge in [0.05, 0.1) is 5.75 Å². The second-order valence-electron chi connectivity index (χ2n) is 6.34. The quantitative estimate of drug-likeness (QED) is 0.497. The minimum absolute atomic E-state index is 0.0655. The molecule has 0 bridgehead atoms. The van der Waals surface area contributed by atoms with Gasteiger partial charge in [0.15, 0.2) is 34.4 Å². The third-order valence-corrected chi connectivity index (χ3v) is 5.39. The summed E-state index contributed by atoms with van der Waals surface area (Å²) in [4.78, 5) is 12.4. The van der Waals surface area contributed by atoms with Crippen molar-refractivity contribution >= 4 is 17.5 Å². The zero-order valence-corrected chi connectivity index (χ0v) is 15.9. The van der Waals surface area contributed by atoms with E-state index in [1.165, 1.54) is 11.8 Å². The van der Waals surface area contributed by atoms with Crippen LogP contribution in [0, 0.1) is 6.92 Å². The summed E-state index contributed by atoms with van der Waals surface area (Å²) in [5.74, 6) is 2.47. The lowest BCUT2D eigenvalue weighted by atomic mass is 10.1. The molecule has 4 rings (SSSR count). The van der Waals surface area contributed by atoms with Crippen molar-refractivity contribution in [1.29, 1.82) is 0 Å². The highest BCUT2D eigenvalue weighted by Crippen LogP contribution is 2.35. The van der Waals surface area contributed by atoms with Gasteiger partial charge in [0.25, 0.3) is 0 Å². The van der Waals surface area contributed by atoms with Crippen molar-refractivity contribution in [3.63, 3.8) is 0 Å². The predicted molar refractivity (Wildman–Crippen MR) is 103 cm³/mol. The average Bonchev–Trinajstić information content (AvgIpc) is 3.06. The number of hydrogen-bond donors (Lipinski definition) is 0. The summed E-state index contributed by atoms with van der Waals surface area (Å²) in [6.07, 6.45) is -0.334. The zero-order chi connectivity index (χ0) is 18.8. The molecule has 27 heavy (non-hydrogen) atoms. The van der Waals surface area contributed by atoms with E-state index in [1.54, 1.807) is 0 Å². The van der Waals surface area contributed by atoms with Crippen molar-refractivity contribution in [2.45, 2.75) is 18.2 Å². The van der Waals surface area contributed by atoms with Gasteiger partial charge in [0.1, 0.15) is 6.61 Å². The number of thioether (sulfide) groups is 1. The number of para-hydroxylation sites is 2. The lowest BCUT2D eigenvalue weighted by molar-refractivity contribution is 0.0825. The van der Waals surface area contributed by atoms with E-state index in [0.29, 0.717) is 34.7 Å². The van der Waals surface area contributed by atoms with Gasteiger partial charge in [-0.15, -0.1) is 10.2 Å². The van der Waals surface area contributed by atoms with Crippen molar-refractivity contribution < 1.29 is 14.3 Å². The Balaban J connectivity index is 1.43. The molecular formula is C20H19N3O3S. The summed E-state index contributed by atoms with van der Waals surface area (Å²) < 4.78 is 13.6. The van der Waals surface area contributed by atoms with E-state index in [2.05, 4.69) is 10.2 Å². The van der Waals surface area contributed by atoms with E-state index in [9.17, 15) is 4.79 Å². The molecule has 0 fully saturated rings. The Hall–Kier alpha value is -2.80. The van der Waals surface area contributed by atoms with Crippen LogP contribution in [-0.4, -0.2) is 32.9 Å². The lowest BCUT2D eigenvalue weighted by Crippen LogP contribution is -2.24. The topological polar surface area (TPSA) is 66.2 Å². The highest BCUT2D eigenvalue weighted by Gasteiger charge is 2.27. The summed E-state index contributed by atoms with van der Waals surface area (Å²) in [7, 11) is 1.87. The summed E-state index contributed by atoms with van der Waals surface area (Å²) in [5.41, 5.74) is 1.84. The number of nitrogens with zero attached hydrogens (tertiary/aromatic N) is 3. The summed E-state index contributed by atoms with van der Waals surface area (Å²) in [6, 6.07) is 15.1. The minimum atomic E-state index is -0.334. The Morgan fingerprint density at radius 3 is 2.67 bits per heavy atom. The number of Topliss-reactive ketones (excluding diaryl/α,β-unsaturated/α-hetero) is 1. The number of aryl methyl sites for hydroxylation is 1. The second kappa shape index (κ2) is 7.44. The predicted octanol–water partition coefficient (Wildman–Crippen LogP) is 3.61. The third-order valence-electron chi connectivity index (χ3n) is 4.37. The van der Waals surface area contributed by atoms with Crippen molar-refractivity contribution in [3.8, 4) is 11.5 Å². The van der Waals surface area contributed by atoms with Crippen LogP contribution in [0.5, 0.6) is 11.5 Å². The smallest absolute Gasteiger partial charge is 0.192 e. The number of fused-ring (bicyclic) bond motifs is 1. The monoisotopic (exact) mass is 381 g/mol. The maximum atomic E-state index is 12.4. The van der Waals surface area contributed by atoms with Crippen LogP contribution >= 0.6 is 11.8 Å². The molecule has 1 aliphatic rings. The molecule has 138 valence electrons. The molecule has 2 heterocycles. The molecule has 1 aliphatic heterocycles. The van der Waals surface area contributed by atoms with E-state index >= 15 is 0 Å². The maximum Gasteiger partial charge on any atom is 0.192 e. The third kappa shape index (κ3) is 3.68. The summed E-state index contributed by atoms with van der Waals surface area (Å²) in [6.45, 7) is 2.37. The normalized spacial score (nSPS) is 15.6. The molecule has 0 radical (unpaired) electrons. The van der Waals surface area contributed by atoms with Crippen LogP contribution in [-0.2, 0) is 7.05 Å². The molecule has 2 aromatic carbocycles. The number of benzene rings is 2. The van der Waals surface area contributed by atoms with Gasteiger partial charge in [-0.25, -0.2) is 0 Å². The number of rotatable bonds is 5. The average molecular weight is 381 g/mol. The second-order valence-corrected chi connectivity index (χ2v) is 7.28. The number of aromatic nitrogens is 3. The maximum absolute atomic E-state index is 12.4. The van der Waals surface area contributed by atoms with Crippen molar-refractivity contribution in [3.05, 3.63) is 65.5 Å². The SMILES string of the molecule is Cc1ccc(C(=O)CSc2nnc(C3COc4ccccc4O3)n2C)cc1. The Morgan fingerprint density at radius 1 is 1.15 bits per heavy atom. The van der Waals surface area contributed by atoms with Gasteiger partial charge < -0.3 is 14.0 Å². The van der Waals surface area contributed by atoms with Gasteiger partial charge in [-0.2, -0.15) is 0 Å². The highest BCUT2D eigenvalue weighted by molar-refractivity contribution is 7.99. The molecule has 1 aromatic heterocycles. The highest BCUT2D eigenvalue weighted by atomic mass is 32.2. The van der Waals surface area contributed by atoms with E-state index in [1.807, 2.05) is 67.1 Å². The van der Waals surface area contributed by atoms with Gasteiger partial charge in [-0.3, -0.25) is 4.79 Å². The molecule has 0 amide bonds. The van der Waals surface area contributed by atoms with Crippen LogP contribution in [0.15, 0.2) is 53.7 Å². The zero-order valence-electron chi connectivity index (χ0n) is 15.1. The van der Waals surface area contributed by atoms with Gasteiger partial charge in [0, 0.05) is 12.6 Å². The summed E-state index contributed by atoms with van der Waals surface area (Å²) >= 11 is 1.37. The number of ketones is 1. The first-order valence-electron chi connectivity index (χ1n) is 8.62. The first kappa shape index (κ1) is 17.6. The largest absolute Gasteiger partial charge is 0.485 e. The van der Waals surface area contributed by atoms with Crippen LogP contribution < -0.4 is 9.47 Å². The van der Waals surface area contributed by atoms with Crippen LogP contribution in [0.25, 0.3) is 0 Å².